The van der Waals surface area contributed by atoms with Crippen LogP contribution >= 0.6 is 0 Å². The number of benzene rings is 2. The molecule has 2 aromatic heterocycles. The van der Waals surface area contributed by atoms with Crippen LogP contribution < -0.4 is 10.1 Å². The van der Waals surface area contributed by atoms with Crippen molar-refractivity contribution in [1.29, 1.82) is 0 Å². The Balaban J connectivity index is 1.36. The van der Waals surface area contributed by atoms with Gasteiger partial charge in [0.15, 0.2) is 5.76 Å². The molecule has 0 aliphatic rings. The van der Waals surface area contributed by atoms with Crippen LogP contribution in [0.1, 0.15) is 34.8 Å². The molecular weight excluding hydrogens is 402 g/mol. The third kappa shape index (κ3) is 5.09. The molecule has 0 bridgehead atoms. The quantitative estimate of drug-likeness (QED) is 0.265. The Morgan fingerprint density at radius 3 is 2.78 bits per heavy atom. The van der Waals surface area contributed by atoms with Crippen molar-refractivity contribution in [3.05, 3.63) is 96.7 Å². The van der Waals surface area contributed by atoms with E-state index < -0.39 is 0 Å². The highest BCUT2D eigenvalue weighted by molar-refractivity contribution is 5.91. The Bertz CT molecular complexity index is 1180. The summed E-state index contributed by atoms with van der Waals surface area (Å²) in [6.07, 6.45) is 6.01. The fourth-order valence-corrected chi connectivity index (χ4v) is 3.69. The number of ether oxygens (including phenoxy) is 1. The zero-order valence-corrected chi connectivity index (χ0v) is 18.0. The van der Waals surface area contributed by atoms with E-state index in [9.17, 15) is 4.79 Å². The van der Waals surface area contributed by atoms with E-state index in [-0.39, 0.29) is 5.91 Å². The Morgan fingerprint density at radius 2 is 1.94 bits per heavy atom. The summed E-state index contributed by atoms with van der Waals surface area (Å²) in [5.41, 5.74) is 3.13. The van der Waals surface area contributed by atoms with E-state index in [0.29, 0.717) is 18.9 Å². The summed E-state index contributed by atoms with van der Waals surface area (Å²) in [4.78, 5) is 17.0. The first-order valence-electron chi connectivity index (χ1n) is 10.8. The van der Waals surface area contributed by atoms with Crippen LogP contribution in [0.4, 0.5) is 0 Å². The van der Waals surface area contributed by atoms with Gasteiger partial charge in [0.05, 0.1) is 30.4 Å². The first-order valence-corrected chi connectivity index (χ1v) is 10.8. The number of amides is 1. The van der Waals surface area contributed by atoms with Crippen LogP contribution in [0, 0.1) is 0 Å². The Kier molecular flexibility index (Phi) is 7.02. The van der Waals surface area contributed by atoms with Gasteiger partial charge in [-0.05, 0) is 55.2 Å². The van der Waals surface area contributed by atoms with Crippen molar-refractivity contribution >= 4 is 16.9 Å². The molecule has 0 aliphatic heterocycles. The predicted octanol–water partition coefficient (Wildman–Crippen LogP) is 5.15. The molecule has 1 N–H and O–H groups in total. The van der Waals surface area contributed by atoms with Gasteiger partial charge < -0.3 is 19.0 Å². The Labute approximate surface area is 187 Å². The number of imidazole rings is 1. The van der Waals surface area contributed by atoms with Gasteiger partial charge in [-0.2, -0.15) is 0 Å². The second kappa shape index (κ2) is 10.5. The van der Waals surface area contributed by atoms with Crippen molar-refractivity contribution in [2.45, 2.75) is 32.4 Å². The molecule has 0 aliphatic carbocycles. The molecule has 4 aromatic rings. The van der Waals surface area contributed by atoms with Crippen LogP contribution in [0.25, 0.3) is 11.0 Å². The molecule has 0 fully saturated rings. The van der Waals surface area contributed by atoms with Crippen molar-refractivity contribution in [3.63, 3.8) is 0 Å². The number of allylic oxidation sites excluding steroid dienone is 1. The van der Waals surface area contributed by atoms with Crippen molar-refractivity contribution in [2.24, 2.45) is 0 Å². The van der Waals surface area contributed by atoms with Crippen molar-refractivity contribution < 1.29 is 13.9 Å². The lowest BCUT2D eigenvalue weighted by Crippen LogP contribution is -2.24. The summed E-state index contributed by atoms with van der Waals surface area (Å²) >= 11 is 0. The molecule has 164 valence electrons. The zero-order valence-electron chi connectivity index (χ0n) is 18.0. The molecule has 0 saturated carbocycles. The first kappa shape index (κ1) is 21.4. The van der Waals surface area contributed by atoms with Gasteiger partial charge in [0, 0.05) is 6.54 Å². The van der Waals surface area contributed by atoms with Gasteiger partial charge in [0.1, 0.15) is 11.6 Å². The molecule has 0 saturated heterocycles. The van der Waals surface area contributed by atoms with Gasteiger partial charge >= 0.3 is 0 Å². The minimum absolute atomic E-state index is 0.250. The van der Waals surface area contributed by atoms with Gasteiger partial charge in [0.2, 0.25) is 0 Å². The lowest BCUT2D eigenvalue weighted by atomic mass is 10.1. The van der Waals surface area contributed by atoms with E-state index in [1.54, 1.807) is 12.1 Å². The lowest BCUT2D eigenvalue weighted by Gasteiger charge is -2.12. The third-order valence-electron chi connectivity index (χ3n) is 5.26. The number of aryl methyl sites for hydroxylation is 1. The Morgan fingerprint density at radius 1 is 1.09 bits per heavy atom. The van der Waals surface area contributed by atoms with Crippen molar-refractivity contribution in [3.8, 4) is 5.75 Å². The highest BCUT2D eigenvalue weighted by Crippen LogP contribution is 2.20. The number of unbranched alkanes of at least 4 members (excludes halogenated alkanes) is 1. The van der Waals surface area contributed by atoms with Crippen LogP contribution in [0.15, 0.2) is 84.0 Å². The number of nitrogens with zero attached hydrogens (tertiary/aromatic N) is 2. The fraction of sp³-hybridized carbons (Fsp3) is 0.231. The minimum Gasteiger partial charge on any atom is -0.493 e. The summed E-state index contributed by atoms with van der Waals surface area (Å²) in [7, 11) is 0. The number of carbonyl (C=O) groups excluding carboxylic acids is 1. The molecular formula is C26H27N3O3. The largest absolute Gasteiger partial charge is 0.493 e. The molecule has 6 nitrogen and oxygen atoms in total. The van der Waals surface area contributed by atoms with Crippen molar-refractivity contribution in [2.75, 3.05) is 6.61 Å². The highest BCUT2D eigenvalue weighted by Gasteiger charge is 2.13. The first-order chi connectivity index (χ1) is 15.8. The molecule has 2 heterocycles. The predicted molar refractivity (Wildman–Crippen MR) is 125 cm³/mol. The number of fused-ring (bicyclic) bond motifs is 1. The Hall–Kier alpha value is -3.80. The second-order valence-corrected chi connectivity index (χ2v) is 7.48. The third-order valence-corrected chi connectivity index (χ3v) is 5.26. The monoisotopic (exact) mass is 429 g/mol. The fourth-order valence-electron chi connectivity index (χ4n) is 3.69. The SMILES string of the molecule is C=CCc1ccccc1OCCCCn1c(CNC(=O)c2ccco2)nc2ccccc21. The van der Waals surface area contributed by atoms with Crippen molar-refractivity contribution in [1.82, 2.24) is 14.9 Å². The number of hydrogen-bond acceptors (Lipinski definition) is 4. The number of para-hydroxylation sites is 3. The molecule has 2 aromatic carbocycles. The molecule has 0 radical (unpaired) electrons. The molecule has 0 atom stereocenters. The second-order valence-electron chi connectivity index (χ2n) is 7.48. The van der Waals surface area contributed by atoms with E-state index in [0.717, 1.165) is 54.0 Å². The molecule has 1 amide bonds. The van der Waals surface area contributed by atoms with E-state index in [2.05, 4.69) is 28.6 Å². The summed E-state index contributed by atoms with van der Waals surface area (Å²) in [5, 5.41) is 2.90. The number of aromatic nitrogens is 2. The van der Waals surface area contributed by atoms with E-state index in [1.165, 1.54) is 6.26 Å². The van der Waals surface area contributed by atoms with E-state index in [1.807, 2.05) is 42.5 Å². The molecule has 0 unspecified atom stereocenters. The summed E-state index contributed by atoms with van der Waals surface area (Å²) in [5.74, 6) is 1.78. The molecule has 4 rings (SSSR count). The van der Waals surface area contributed by atoms with Crippen LogP contribution in [0.2, 0.25) is 0 Å². The number of hydrogen-bond donors (Lipinski definition) is 1. The normalized spacial score (nSPS) is 10.9. The number of rotatable bonds is 11. The smallest absolute Gasteiger partial charge is 0.287 e. The maximum atomic E-state index is 12.2. The maximum Gasteiger partial charge on any atom is 0.287 e. The number of carbonyl (C=O) groups is 1. The average Bonchev–Trinajstić information content (AvgIpc) is 3.47. The number of furan rings is 1. The van der Waals surface area contributed by atoms with Gasteiger partial charge in [-0.25, -0.2) is 4.98 Å². The van der Waals surface area contributed by atoms with Gasteiger partial charge in [0.25, 0.3) is 5.91 Å². The zero-order chi connectivity index (χ0) is 22.2. The van der Waals surface area contributed by atoms with Gasteiger partial charge in [-0.1, -0.05) is 36.4 Å². The summed E-state index contributed by atoms with van der Waals surface area (Å²) in [6, 6.07) is 19.4. The molecule has 6 heteroatoms. The van der Waals surface area contributed by atoms with Gasteiger partial charge in [-0.3, -0.25) is 4.79 Å². The maximum absolute atomic E-state index is 12.2. The van der Waals surface area contributed by atoms with Gasteiger partial charge in [-0.15, -0.1) is 6.58 Å². The summed E-state index contributed by atoms with van der Waals surface area (Å²) < 4.78 is 13.3. The van der Waals surface area contributed by atoms with Crippen LogP contribution in [0.5, 0.6) is 5.75 Å². The minimum atomic E-state index is -0.250. The topological polar surface area (TPSA) is 69.3 Å². The lowest BCUT2D eigenvalue weighted by molar-refractivity contribution is 0.0921. The van der Waals surface area contributed by atoms with Crippen LogP contribution in [-0.2, 0) is 19.5 Å². The highest BCUT2D eigenvalue weighted by atomic mass is 16.5. The van der Waals surface area contributed by atoms with E-state index in [4.69, 9.17) is 14.1 Å². The van der Waals surface area contributed by atoms with Crippen LogP contribution in [0.3, 0.4) is 0 Å². The molecule has 32 heavy (non-hydrogen) atoms. The number of nitrogens with one attached hydrogen (secondary N) is 1. The average molecular weight is 430 g/mol. The standard InChI is InChI=1S/C26H27N3O3/c1-2-10-20-11-3-6-14-23(20)31-17-8-7-16-29-22-13-5-4-12-21(22)28-25(29)19-27-26(30)24-15-9-18-32-24/h2-6,9,11-15,18H,1,7-8,10,16-17,19H2,(H,27,30). The molecule has 0 spiro atoms. The summed E-state index contributed by atoms with van der Waals surface area (Å²) in [6.45, 7) is 5.59. The van der Waals surface area contributed by atoms with Crippen LogP contribution in [-0.4, -0.2) is 22.1 Å². The van der Waals surface area contributed by atoms with E-state index >= 15 is 0 Å².